The number of piperidine rings is 1. The van der Waals surface area contributed by atoms with E-state index in [0.29, 0.717) is 18.0 Å². The standard InChI is InChI=1S/C29H33FN2/c30-26-15-13-23(14-16-26)8-7-19-31-20-21-32-22-27(31)17-18-28(32)29(24-9-3-1-4-10-24)25-11-5-2-6-12-25/h1-6,9-16,27-29H,7-8,17-22H2/t27-,28-/m0/s1. The van der Waals surface area contributed by atoms with E-state index in [0.717, 1.165) is 32.5 Å². The SMILES string of the molecule is Fc1ccc(CCCN2CCN3C[C@@H]2CC[C@H]3C(c2ccccc2)c2ccccc2)cc1. The van der Waals surface area contributed by atoms with Crippen molar-refractivity contribution in [3.8, 4) is 0 Å². The Labute approximate surface area is 191 Å². The normalized spacial score (nSPS) is 23.4. The van der Waals surface area contributed by atoms with Crippen LogP contribution in [0.25, 0.3) is 0 Å². The second-order valence-electron chi connectivity index (χ2n) is 9.36. The van der Waals surface area contributed by atoms with Gasteiger partial charge in [-0.25, -0.2) is 4.39 Å². The topological polar surface area (TPSA) is 6.48 Å². The molecule has 2 aliphatic heterocycles. The molecule has 0 aromatic heterocycles. The van der Waals surface area contributed by atoms with Crippen LogP contribution in [0.2, 0.25) is 0 Å². The zero-order chi connectivity index (χ0) is 21.8. The average Bonchev–Trinajstić information content (AvgIpc) is 2.85. The molecule has 2 aliphatic rings. The Morgan fingerprint density at radius 2 is 1.44 bits per heavy atom. The van der Waals surface area contributed by atoms with Crippen LogP contribution in [0.15, 0.2) is 84.9 Å². The third-order valence-corrected chi connectivity index (χ3v) is 7.43. The fraction of sp³-hybridized carbons (Fsp3) is 0.379. The van der Waals surface area contributed by atoms with Gasteiger partial charge in [0.05, 0.1) is 0 Å². The number of benzene rings is 3. The van der Waals surface area contributed by atoms with E-state index in [4.69, 9.17) is 0 Å². The summed E-state index contributed by atoms with van der Waals surface area (Å²) in [5.74, 6) is 0.286. The first-order valence-corrected chi connectivity index (χ1v) is 12.1. The molecule has 0 amide bonds. The average molecular weight is 429 g/mol. The van der Waals surface area contributed by atoms with E-state index in [1.807, 2.05) is 12.1 Å². The van der Waals surface area contributed by atoms with Crippen LogP contribution >= 0.6 is 0 Å². The number of aryl methyl sites for hydroxylation is 1. The fourth-order valence-corrected chi connectivity index (χ4v) is 5.80. The zero-order valence-corrected chi connectivity index (χ0v) is 18.7. The molecule has 2 bridgehead atoms. The molecule has 0 spiro atoms. The number of fused-ring (bicyclic) bond motifs is 2. The van der Waals surface area contributed by atoms with Crippen molar-refractivity contribution in [3.63, 3.8) is 0 Å². The quantitative estimate of drug-likeness (QED) is 0.474. The van der Waals surface area contributed by atoms with Crippen LogP contribution in [0, 0.1) is 5.82 Å². The van der Waals surface area contributed by atoms with Gasteiger partial charge in [-0.3, -0.25) is 9.80 Å². The van der Waals surface area contributed by atoms with Crippen molar-refractivity contribution in [1.29, 1.82) is 0 Å². The molecule has 0 saturated carbocycles. The molecule has 5 rings (SSSR count). The van der Waals surface area contributed by atoms with Gasteiger partial charge >= 0.3 is 0 Å². The minimum absolute atomic E-state index is 0.147. The molecule has 32 heavy (non-hydrogen) atoms. The van der Waals surface area contributed by atoms with E-state index in [1.165, 1.54) is 36.1 Å². The van der Waals surface area contributed by atoms with Crippen LogP contribution in [0.5, 0.6) is 0 Å². The highest BCUT2D eigenvalue weighted by Crippen LogP contribution is 2.37. The van der Waals surface area contributed by atoms with Gasteiger partial charge in [0.25, 0.3) is 0 Å². The maximum absolute atomic E-state index is 13.1. The van der Waals surface area contributed by atoms with Gasteiger partial charge in [-0.2, -0.15) is 0 Å². The lowest BCUT2D eigenvalue weighted by Gasteiger charge is -2.51. The molecule has 2 saturated heterocycles. The van der Waals surface area contributed by atoms with Crippen LogP contribution < -0.4 is 0 Å². The molecule has 3 aromatic carbocycles. The molecule has 2 nitrogen and oxygen atoms in total. The van der Waals surface area contributed by atoms with Gasteiger partial charge in [0.1, 0.15) is 5.82 Å². The lowest BCUT2D eigenvalue weighted by Crippen LogP contribution is -2.60. The lowest BCUT2D eigenvalue weighted by atomic mass is 9.79. The van der Waals surface area contributed by atoms with Gasteiger partial charge in [-0.05, 0) is 61.1 Å². The maximum atomic E-state index is 13.1. The Morgan fingerprint density at radius 3 is 2.09 bits per heavy atom. The number of piperazine rings is 1. The summed E-state index contributed by atoms with van der Waals surface area (Å²) in [6.45, 7) is 4.62. The summed E-state index contributed by atoms with van der Waals surface area (Å²) in [6, 6.07) is 30.4. The van der Waals surface area contributed by atoms with Crippen LogP contribution in [0.4, 0.5) is 4.39 Å². The highest BCUT2D eigenvalue weighted by Gasteiger charge is 2.39. The van der Waals surface area contributed by atoms with Crippen molar-refractivity contribution in [1.82, 2.24) is 9.80 Å². The Balaban J connectivity index is 1.23. The number of rotatable bonds is 7. The highest BCUT2D eigenvalue weighted by molar-refractivity contribution is 5.34. The van der Waals surface area contributed by atoms with Gasteiger partial charge in [-0.1, -0.05) is 72.8 Å². The Kier molecular flexibility index (Phi) is 6.66. The molecule has 3 aromatic rings. The second kappa shape index (κ2) is 9.97. The van der Waals surface area contributed by atoms with Crippen molar-refractivity contribution < 1.29 is 4.39 Å². The van der Waals surface area contributed by atoms with E-state index in [2.05, 4.69) is 70.5 Å². The first-order chi connectivity index (χ1) is 15.8. The monoisotopic (exact) mass is 428 g/mol. The Morgan fingerprint density at radius 1 is 0.781 bits per heavy atom. The zero-order valence-electron chi connectivity index (χ0n) is 18.7. The van der Waals surface area contributed by atoms with Crippen LogP contribution in [0.1, 0.15) is 41.9 Å². The van der Waals surface area contributed by atoms with Crippen LogP contribution in [-0.2, 0) is 6.42 Å². The van der Waals surface area contributed by atoms with E-state index >= 15 is 0 Å². The van der Waals surface area contributed by atoms with Crippen molar-refractivity contribution in [2.45, 2.75) is 43.7 Å². The second-order valence-corrected chi connectivity index (χ2v) is 9.36. The third-order valence-electron chi connectivity index (χ3n) is 7.43. The highest BCUT2D eigenvalue weighted by atomic mass is 19.1. The Hall–Kier alpha value is -2.49. The predicted octanol–water partition coefficient (Wildman–Crippen LogP) is 5.74. The third kappa shape index (κ3) is 4.79. The molecule has 0 radical (unpaired) electrons. The van der Waals surface area contributed by atoms with Crippen molar-refractivity contribution in [2.75, 3.05) is 26.2 Å². The lowest BCUT2D eigenvalue weighted by molar-refractivity contribution is 0.000177. The Bertz CT molecular complexity index is 934. The van der Waals surface area contributed by atoms with E-state index < -0.39 is 0 Å². The summed E-state index contributed by atoms with van der Waals surface area (Å²) in [5.41, 5.74) is 4.11. The van der Waals surface area contributed by atoms with Gasteiger partial charge in [-0.15, -0.1) is 0 Å². The van der Waals surface area contributed by atoms with E-state index in [-0.39, 0.29) is 5.82 Å². The van der Waals surface area contributed by atoms with Crippen molar-refractivity contribution >= 4 is 0 Å². The summed E-state index contributed by atoms with van der Waals surface area (Å²) in [7, 11) is 0. The molecule has 0 N–H and O–H groups in total. The molecule has 2 fully saturated rings. The summed E-state index contributed by atoms with van der Waals surface area (Å²) in [6.07, 6.45) is 4.68. The van der Waals surface area contributed by atoms with Crippen molar-refractivity contribution in [3.05, 3.63) is 107 Å². The fourth-order valence-electron chi connectivity index (χ4n) is 5.80. The molecule has 3 atom stereocenters. The summed E-state index contributed by atoms with van der Waals surface area (Å²) in [5, 5.41) is 0. The van der Waals surface area contributed by atoms with Gasteiger partial charge in [0.15, 0.2) is 0 Å². The molecule has 2 heterocycles. The largest absolute Gasteiger partial charge is 0.298 e. The van der Waals surface area contributed by atoms with Crippen molar-refractivity contribution in [2.24, 2.45) is 0 Å². The molecule has 1 unspecified atom stereocenters. The minimum atomic E-state index is -0.147. The first kappa shape index (κ1) is 21.4. The van der Waals surface area contributed by atoms with E-state index in [1.54, 1.807) is 12.1 Å². The minimum Gasteiger partial charge on any atom is -0.298 e. The number of hydrogen-bond acceptors (Lipinski definition) is 2. The van der Waals surface area contributed by atoms with Crippen LogP contribution in [0.3, 0.4) is 0 Å². The van der Waals surface area contributed by atoms with Gasteiger partial charge in [0.2, 0.25) is 0 Å². The summed E-state index contributed by atoms with van der Waals surface area (Å²) in [4.78, 5) is 5.46. The van der Waals surface area contributed by atoms with Gasteiger partial charge in [0, 0.05) is 37.6 Å². The smallest absolute Gasteiger partial charge is 0.123 e. The summed E-state index contributed by atoms with van der Waals surface area (Å²) < 4.78 is 13.1. The predicted molar refractivity (Wildman–Crippen MR) is 129 cm³/mol. The number of hydrogen-bond donors (Lipinski definition) is 0. The molecule has 166 valence electrons. The molecular weight excluding hydrogens is 395 g/mol. The van der Waals surface area contributed by atoms with E-state index in [9.17, 15) is 4.39 Å². The molecule has 0 aliphatic carbocycles. The maximum Gasteiger partial charge on any atom is 0.123 e. The van der Waals surface area contributed by atoms with Gasteiger partial charge < -0.3 is 0 Å². The molecular formula is C29H33FN2. The summed E-state index contributed by atoms with van der Waals surface area (Å²) >= 11 is 0. The molecule has 3 heteroatoms. The first-order valence-electron chi connectivity index (χ1n) is 12.1. The number of halogens is 1. The number of nitrogens with zero attached hydrogens (tertiary/aromatic N) is 2. The van der Waals surface area contributed by atoms with Crippen LogP contribution in [-0.4, -0.2) is 48.1 Å².